The Morgan fingerprint density at radius 2 is 1.77 bits per heavy atom. The SMILES string of the molecule is CCOc1cccc(/C=C(\C#N)C(=O)Nc2ccc(NC(C)=O)cc2)c1OC(F)F. The van der Waals surface area contributed by atoms with E-state index in [1.165, 1.54) is 25.1 Å². The van der Waals surface area contributed by atoms with Crippen LogP contribution in [0.15, 0.2) is 48.0 Å². The van der Waals surface area contributed by atoms with Crippen molar-refractivity contribution in [1.29, 1.82) is 5.26 Å². The van der Waals surface area contributed by atoms with Crippen LogP contribution >= 0.6 is 0 Å². The number of nitrogens with zero attached hydrogens (tertiary/aromatic N) is 1. The summed E-state index contributed by atoms with van der Waals surface area (Å²) in [6, 6.07) is 12.4. The van der Waals surface area contributed by atoms with E-state index < -0.39 is 12.5 Å². The molecule has 7 nitrogen and oxygen atoms in total. The zero-order valence-electron chi connectivity index (χ0n) is 16.2. The van der Waals surface area contributed by atoms with Crippen LogP contribution in [-0.2, 0) is 9.59 Å². The Morgan fingerprint density at radius 3 is 2.30 bits per heavy atom. The fraction of sp³-hybridized carbons (Fsp3) is 0.190. The van der Waals surface area contributed by atoms with E-state index in [2.05, 4.69) is 15.4 Å². The minimum Gasteiger partial charge on any atom is -0.490 e. The molecule has 0 aliphatic heterocycles. The molecule has 2 N–H and O–H groups in total. The highest BCUT2D eigenvalue weighted by atomic mass is 19.3. The zero-order chi connectivity index (χ0) is 22.1. The summed E-state index contributed by atoms with van der Waals surface area (Å²) in [5, 5.41) is 14.5. The Morgan fingerprint density at radius 1 is 1.13 bits per heavy atom. The number of carbonyl (C=O) groups is 2. The molecule has 2 aromatic rings. The molecule has 0 bridgehead atoms. The van der Waals surface area contributed by atoms with Crippen LogP contribution in [0, 0.1) is 11.3 Å². The second kappa shape index (κ2) is 10.6. The molecule has 0 saturated carbocycles. The topological polar surface area (TPSA) is 100 Å². The largest absolute Gasteiger partial charge is 0.490 e. The Hall–Kier alpha value is -3.93. The monoisotopic (exact) mass is 415 g/mol. The van der Waals surface area contributed by atoms with Crippen LogP contribution < -0.4 is 20.1 Å². The van der Waals surface area contributed by atoms with Gasteiger partial charge in [-0.15, -0.1) is 0 Å². The lowest BCUT2D eigenvalue weighted by molar-refractivity contribution is -0.114. The van der Waals surface area contributed by atoms with Crippen LogP contribution in [-0.4, -0.2) is 25.0 Å². The van der Waals surface area contributed by atoms with Crippen molar-refractivity contribution >= 4 is 29.3 Å². The van der Waals surface area contributed by atoms with Gasteiger partial charge in [-0.3, -0.25) is 9.59 Å². The van der Waals surface area contributed by atoms with Gasteiger partial charge >= 0.3 is 6.61 Å². The van der Waals surface area contributed by atoms with E-state index >= 15 is 0 Å². The van der Waals surface area contributed by atoms with Gasteiger partial charge in [-0.05, 0) is 43.3 Å². The molecular formula is C21H19F2N3O4. The number of ether oxygens (including phenoxy) is 2. The van der Waals surface area contributed by atoms with E-state index in [-0.39, 0.29) is 35.1 Å². The fourth-order valence-electron chi connectivity index (χ4n) is 2.47. The van der Waals surface area contributed by atoms with E-state index in [1.807, 2.05) is 0 Å². The molecule has 0 radical (unpaired) electrons. The Kier molecular flexibility index (Phi) is 7.88. The van der Waals surface area contributed by atoms with Gasteiger partial charge in [-0.25, -0.2) is 0 Å². The number of hydrogen-bond donors (Lipinski definition) is 2. The lowest BCUT2D eigenvalue weighted by atomic mass is 10.1. The molecule has 2 amide bonds. The van der Waals surface area contributed by atoms with Crippen molar-refractivity contribution in [3.05, 3.63) is 53.6 Å². The number of para-hydroxylation sites is 1. The van der Waals surface area contributed by atoms with Gasteiger partial charge in [0, 0.05) is 23.9 Å². The fourth-order valence-corrected chi connectivity index (χ4v) is 2.47. The van der Waals surface area contributed by atoms with Gasteiger partial charge in [0.15, 0.2) is 11.5 Å². The number of alkyl halides is 2. The third kappa shape index (κ3) is 6.31. The highest BCUT2D eigenvalue weighted by Gasteiger charge is 2.17. The summed E-state index contributed by atoms with van der Waals surface area (Å²) < 4.78 is 35.5. The van der Waals surface area contributed by atoms with Crippen molar-refractivity contribution in [3.8, 4) is 17.6 Å². The molecule has 0 aliphatic carbocycles. The summed E-state index contributed by atoms with van der Waals surface area (Å²) in [4.78, 5) is 23.5. The van der Waals surface area contributed by atoms with Crippen LogP contribution in [0.4, 0.5) is 20.2 Å². The minimum absolute atomic E-state index is 0.0674. The van der Waals surface area contributed by atoms with Gasteiger partial charge in [-0.2, -0.15) is 14.0 Å². The van der Waals surface area contributed by atoms with Gasteiger partial charge in [0.25, 0.3) is 5.91 Å². The number of nitrogens with one attached hydrogen (secondary N) is 2. The van der Waals surface area contributed by atoms with Crippen LogP contribution in [0.5, 0.6) is 11.5 Å². The maximum absolute atomic E-state index is 12.8. The first kappa shape index (κ1) is 22.4. The van der Waals surface area contributed by atoms with Crippen molar-refractivity contribution in [1.82, 2.24) is 0 Å². The normalized spacial score (nSPS) is 10.9. The maximum atomic E-state index is 12.8. The van der Waals surface area contributed by atoms with Gasteiger partial charge in [-0.1, -0.05) is 12.1 Å². The first-order chi connectivity index (χ1) is 14.3. The zero-order valence-corrected chi connectivity index (χ0v) is 16.2. The second-order valence-corrected chi connectivity index (χ2v) is 5.87. The molecule has 30 heavy (non-hydrogen) atoms. The number of hydrogen-bond acceptors (Lipinski definition) is 5. The number of anilines is 2. The standard InChI is InChI=1S/C21H19F2N3O4/c1-3-29-18-6-4-5-14(19(18)30-21(22)23)11-15(12-24)20(28)26-17-9-7-16(8-10-17)25-13(2)27/h4-11,21H,3H2,1-2H3,(H,25,27)(H,26,28)/b15-11+. The summed E-state index contributed by atoms with van der Waals surface area (Å²) >= 11 is 0. The van der Waals surface area contributed by atoms with Gasteiger partial charge in [0.2, 0.25) is 5.91 Å². The first-order valence-electron chi connectivity index (χ1n) is 8.85. The third-order valence-corrected chi connectivity index (χ3v) is 3.64. The van der Waals surface area contributed by atoms with Crippen molar-refractivity contribution in [2.24, 2.45) is 0 Å². The minimum atomic E-state index is -3.11. The number of carbonyl (C=O) groups excluding carboxylic acids is 2. The molecule has 156 valence electrons. The van der Waals surface area contributed by atoms with E-state index in [4.69, 9.17) is 4.74 Å². The number of amides is 2. The smallest absolute Gasteiger partial charge is 0.387 e. The van der Waals surface area contributed by atoms with E-state index in [9.17, 15) is 23.6 Å². The van der Waals surface area contributed by atoms with Crippen molar-refractivity contribution in [2.75, 3.05) is 17.2 Å². The van der Waals surface area contributed by atoms with Crippen molar-refractivity contribution in [3.63, 3.8) is 0 Å². The van der Waals surface area contributed by atoms with Crippen LogP contribution in [0.25, 0.3) is 6.08 Å². The molecule has 9 heteroatoms. The predicted octanol–water partition coefficient (Wildman–Crippen LogP) is 4.19. The molecule has 0 aromatic heterocycles. The van der Waals surface area contributed by atoms with Gasteiger partial charge < -0.3 is 20.1 Å². The van der Waals surface area contributed by atoms with Crippen molar-refractivity contribution in [2.45, 2.75) is 20.5 Å². The molecule has 0 fully saturated rings. The summed E-state index contributed by atoms with van der Waals surface area (Å²) in [7, 11) is 0. The average molecular weight is 415 g/mol. The number of halogens is 2. The lowest BCUT2D eigenvalue weighted by Gasteiger charge is -2.14. The Labute approximate surface area is 171 Å². The Bertz CT molecular complexity index is 983. The predicted molar refractivity (Wildman–Crippen MR) is 107 cm³/mol. The molecule has 0 spiro atoms. The average Bonchev–Trinajstić information content (AvgIpc) is 2.69. The van der Waals surface area contributed by atoms with Crippen LogP contribution in [0.2, 0.25) is 0 Å². The van der Waals surface area contributed by atoms with Crippen LogP contribution in [0.3, 0.4) is 0 Å². The highest BCUT2D eigenvalue weighted by molar-refractivity contribution is 6.10. The Balaban J connectivity index is 2.28. The molecule has 0 unspecified atom stereocenters. The lowest BCUT2D eigenvalue weighted by Crippen LogP contribution is -2.14. The second-order valence-electron chi connectivity index (χ2n) is 5.87. The van der Waals surface area contributed by atoms with Gasteiger partial charge in [0.05, 0.1) is 6.61 Å². The molecular weight excluding hydrogens is 396 g/mol. The van der Waals surface area contributed by atoms with Crippen LogP contribution in [0.1, 0.15) is 19.4 Å². The number of rotatable bonds is 8. The quantitative estimate of drug-likeness (QED) is 0.497. The summed E-state index contributed by atoms with van der Waals surface area (Å²) in [6.45, 7) is 0.152. The van der Waals surface area contributed by atoms with E-state index in [0.717, 1.165) is 6.08 Å². The molecule has 0 saturated heterocycles. The summed E-state index contributed by atoms with van der Waals surface area (Å²) in [5.74, 6) is -1.18. The molecule has 0 atom stereocenters. The molecule has 0 aliphatic rings. The van der Waals surface area contributed by atoms with Crippen molar-refractivity contribution < 1.29 is 27.8 Å². The number of nitriles is 1. The summed E-state index contributed by atoms with van der Waals surface area (Å²) in [6.07, 6.45) is 1.14. The number of benzene rings is 2. The van der Waals surface area contributed by atoms with E-state index in [0.29, 0.717) is 11.4 Å². The molecule has 0 heterocycles. The first-order valence-corrected chi connectivity index (χ1v) is 8.85. The molecule has 2 aromatic carbocycles. The summed E-state index contributed by atoms with van der Waals surface area (Å²) in [5.41, 5.74) is 0.683. The van der Waals surface area contributed by atoms with Gasteiger partial charge in [0.1, 0.15) is 11.6 Å². The highest BCUT2D eigenvalue weighted by Crippen LogP contribution is 2.34. The third-order valence-electron chi connectivity index (χ3n) is 3.64. The molecule has 2 rings (SSSR count). The van der Waals surface area contributed by atoms with E-state index in [1.54, 1.807) is 37.3 Å². The maximum Gasteiger partial charge on any atom is 0.387 e.